The van der Waals surface area contributed by atoms with E-state index >= 15 is 0 Å². The van der Waals surface area contributed by atoms with Crippen LogP contribution in [0.4, 0.5) is 5.69 Å². The second-order valence-corrected chi connectivity index (χ2v) is 5.54. The Kier molecular flexibility index (Phi) is 3.18. The molecule has 0 atom stereocenters. The molecule has 3 heterocycles. The molecule has 0 radical (unpaired) electrons. The van der Waals surface area contributed by atoms with Crippen LogP contribution in [-0.2, 0) is 5.75 Å². The van der Waals surface area contributed by atoms with Crippen molar-refractivity contribution in [3.05, 3.63) is 46.0 Å². The van der Waals surface area contributed by atoms with Gasteiger partial charge in [-0.05, 0) is 12.1 Å². The van der Waals surface area contributed by atoms with E-state index in [9.17, 15) is 4.79 Å². The molecule has 8 heteroatoms. The smallest absolute Gasteiger partial charge is 0.275 e. The molecule has 0 aromatic carbocycles. The van der Waals surface area contributed by atoms with Crippen LogP contribution in [0.25, 0.3) is 4.96 Å². The Labute approximate surface area is 116 Å². The number of pyridine rings is 1. The monoisotopic (exact) mass is 291 g/mol. The zero-order valence-electron chi connectivity index (χ0n) is 9.68. The second-order valence-electron chi connectivity index (χ2n) is 3.74. The first-order valence-electron chi connectivity index (χ1n) is 5.39. The summed E-state index contributed by atoms with van der Waals surface area (Å²) in [4.78, 5) is 20.9. The van der Waals surface area contributed by atoms with E-state index < -0.39 is 0 Å². The molecular weight excluding hydrogens is 282 g/mol. The number of nitrogens with two attached hydrogens (primary N) is 1. The zero-order valence-corrected chi connectivity index (χ0v) is 11.3. The molecule has 0 saturated heterocycles. The molecule has 19 heavy (non-hydrogen) atoms. The third-order valence-electron chi connectivity index (χ3n) is 2.37. The maximum absolute atomic E-state index is 11.7. The van der Waals surface area contributed by atoms with Crippen molar-refractivity contribution in [1.82, 2.24) is 19.6 Å². The van der Waals surface area contributed by atoms with Crippen LogP contribution >= 0.6 is 23.1 Å². The lowest BCUT2D eigenvalue weighted by Gasteiger charge is -2.01. The minimum atomic E-state index is -0.160. The highest BCUT2D eigenvalue weighted by Crippen LogP contribution is 2.20. The number of fused-ring (bicyclic) bond motifs is 1. The summed E-state index contributed by atoms with van der Waals surface area (Å²) in [6, 6.07) is 5.14. The van der Waals surface area contributed by atoms with Gasteiger partial charge in [-0.25, -0.2) is 9.97 Å². The van der Waals surface area contributed by atoms with Gasteiger partial charge in [0, 0.05) is 11.8 Å². The first-order chi connectivity index (χ1) is 9.22. The Balaban J connectivity index is 1.81. The van der Waals surface area contributed by atoms with Crippen LogP contribution in [0.5, 0.6) is 0 Å². The average Bonchev–Trinajstić information content (AvgIpc) is 2.87. The number of thioether (sulfide) groups is 1. The van der Waals surface area contributed by atoms with Gasteiger partial charge in [-0.3, -0.25) is 4.79 Å². The van der Waals surface area contributed by atoms with Crippen molar-refractivity contribution in [2.24, 2.45) is 0 Å². The quantitative estimate of drug-likeness (QED) is 0.734. The maximum atomic E-state index is 11.7. The lowest BCUT2D eigenvalue weighted by atomic mass is 10.4. The van der Waals surface area contributed by atoms with E-state index in [-0.39, 0.29) is 5.56 Å². The van der Waals surface area contributed by atoms with E-state index in [0.29, 0.717) is 16.4 Å². The van der Waals surface area contributed by atoms with Crippen LogP contribution in [0.2, 0.25) is 0 Å². The van der Waals surface area contributed by atoms with Gasteiger partial charge >= 0.3 is 0 Å². The lowest BCUT2D eigenvalue weighted by molar-refractivity contribution is 0.888. The summed E-state index contributed by atoms with van der Waals surface area (Å²) < 4.78 is 1.29. The number of hydrogen-bond donors (Lipinski definition) is 1. The van der Waals surface area contributed by atoms with Gasteiger partial charge in [0.2, 0.25) is 4.96 Å². The number of nitrogens with zero attached hydrogens (tertiary/aromatic N) is 4. The van der Waals surface area contributed by atoms with Crippen molar-refractivity contribution in [3.8, 4) is 0 Å². The molecule has 0 amide bonds. The Bertz CT molecular complexity index is 765. The number of anilines is 1. The highest BCUT2D eigenvalue weighted by atomic mass is 32.2. The third kappa shape index (κ3) is 2.59. The predicted octanol–water partition coefficient (Wildman–Crippen LogP) is 1.42. The zero-order chi connectivity index (χ0) is 13.2. The van der Waals surface area contributed by atoms with E-state index in [2.05, 4.69) is 15.1 Å². The molecule has 3 rings (SSSR count). The minimum Gasteiger partial charge on any atom is -0.397 e. The fourth-order valence-electron chi connectivity index (χ4n) is 1.50. The largest absolute Gasteiger partial charge is 0.397 e. The van der Waals surface area contributed by atoms with Gasteiger partial charge in [0.1, 0.15) is 5.51 Å². The van der Waals surface area contributed by atoms with Gasteiger partial charge in [0.05, 0.1) is 22.6 Å². The van der Waals surface area contributed by atoms with Crippen LogP contribution in [0, 0.1) is 0 Å². The first-order valence-corrected chi connectivity index (χ1v) is 7.26. The summed E-state index contributed by atoms with van der Waals surface area (Å²) in [6.07, 6.45) is 1.61. The van der Waals surface area contributed by atoms with Crippen molar-refractivity contribution in [2.45, 2.75) is 10.8 Å². The van der Waals surface area contributed by atoms with Gasteiger partial charge in [0.25, 0.3) is 5.56 Å². The Morgan fingerprint density at radius 3 is 3.11 bits per heavy atom. The number of aromatic nitrogens is 4. The Hall–Kier alpha value is -1.93. The molecule has 3 aromatic heterocycles. The lowest BCUT2D eigenvalue weighted by Crippen LogP contribution is -2.14. The summed E-state index contributed by atoms with van der Waals surface area (Å²) in [7, 11) is 0. The van der Waals surface area contributed by atoms with Gasteiger partial charge in [-0.2, -0.15) is 9.61 Å². The van der Waals surface area contributed by atoms with Gasteiger partial charge < -0.3 is 5.73 Å². The van der Waals surface area contributed by atoms with E-state index in [0.717, 1.165) is 10.7 Å². The number of nitrogen functional groups attached to an aromatic ring is 1. The third-order valence-corrected chi connectivity index (χ3v) is 4.02. The summed E-state index contributed by atoms with van der Waals surface area (Å²) in [5.41, 5.74) is 8.36. The van der Waals surface area contributed by atoms with Crippen molar-refractivity contribution in [2.75, 3.05) is 5.73 Å². The van der Waals surface area contributed by atoms with Gasteiger partial charge in [-0.1, -0.05) is 11.3 Å². The Morgan fingerprint density at radius 1 is 1.42 bits per heavy atom. The SMILES string of the molecule is Nc1ccc(SCc2cc(=O)n3ncsc3n2)nc1. The van der Waals surface area contributed by atoms with E-state index in [1.165, 1.54) is 33.7 Å². The van der Waals surface area contributed by atoms with E-state index in [4.69, 9.17) is 5.73 Å². The number of rotatable bonds is 3. The molecule has 6 nitrogen and oxygen atoms in total. The highest BCUT2D eigenvalue weighted by Gasteiger charge is 2.05. The molecule has 0 aliphatic carbocycles. The molecule has 0 aliphatic heterocycles. The predicted molar refractivity (Wildman–Crippen MR) is 75.3 cm³/mol. The molecule has 2 N–H and O–H groups in total. The minimum absolute atomic E-state index is 0.160. The molecule has 96 valence electrons. The van der Waals surface area contributed by atoms with Crippen LogP contribution in [0.15, 0.2) is 39.7 Å². The summed E-state index contributed by atoms with van der Waals surface area (Å²) >= 11 is 2.85. The van der Waals surface area contributed by atoms with Crippen LogP contribution in [0.3, 0.4) is 0 Å². The van der Waals surface area contributed by atoms with Gasteiger partial charge in [0.15, 0.2) is 0 Å². The molecule has 0 saturated carbocycles. The first kappa shape index (κ1) is 12.1. The van der Waals surface area contributed by atoms with Crippen molar-refractivity contribution in [1.29, 1.82) is 0 Å². The van der Waals surface area contributed by atoms with E-state index in [1.807, 2.05) is 6.07 Å². The molecule has 0 spiro atoms. The second kappa shape index (κ2) is 4.98. The molecular formula is C11H9N5OS2. The molecule has 0 unspecified atom stereocenters. The molecule has 0 fully saturated rings. The molecule has 3 aromatic rings. The normalized spacial score (nSPS) is 10.9. The van der Waals surface area contributed by atoms with Crippen molar-refractivity contribution in [3.63, 3.8) is 0 Å². The van der Waals surface area contributed by atoms with Crippen LogP contribution in [0.1, 0.15) is 5.69 Å². The number of hydrogen-bond acceptors (Lipinski definition) is 7. The fraction of sp³-hybridized carbons (Fsp3) is 0.0909. The van der Waals surface area contributed by atoms with Crippen molar-refractivity contribution >= 4 is 33.7 Å². The highest BCUT2D eigenvalue weighted by molar-refractivity contribution is 7.98. The average molecular weight is 291 g/mol. The van der Waals surface area contributed by atoms with E-state index in [1.54, 1.807) is 17.8 Å². The summed E-state index contributed by atoms with van der Waals surface area (Å²) in [5, 5.41) is 4.76. The standard InChI is InChI=1S/C11H9N5OS2/c12-7-1-2-9(13-4-7)18-5-8-3-10(17)16-11(15-8)19-6-14-16/h1-4,6H,5,12H2. The Morgan fingerprint density at radius 2 is 2.32 bits per heavy atom. The fourth-order valence-corrected chi connectivity index (χ4v) is 2.88. The summed E-state index contributed by atoms with van der Waals surface area (Å²) in [6.45, 7) is 0. The van der Waals surface area contributed by atoms with Crippen LogP contribution in [-0.4, -0.2) is 19.6 Å². The molecule has 0 aliphatic rings. The van der Waals surface area contributed by atoms with Gasteiger partial charge in [-0.15, -0.1) is 11.8 Å². The topological polar surface area (TPSA) is 86.2 Å². The van der Waals surface area contributed by atoms with Crippen LogP contribution < -0.4 is 11.3 Å². The van der Waals surface area contributed by atoms with Crippen molar-refractivity contribution < 1.29 is 0 Å². The summed E-state index contributed by atoms with van der Waals surface area (Å²) in [5.74, 6) is 0.584. The molecule has 0 bridgehead atoms. The maximum Gasteiger partial charge on any atom is 0.275 e.